The van der Waals surface area contributed by atoms with Gasteiger partial charge >= 0.3 is 5.97 Å². The minimum atomic E-state index is -1.20. The number of hydrogen-bond donors (Lipinski definition) is 1. The van der Waals surface area contributed by atoms with Crippen LogP contribution in [0.25, 0.3) is 0 Å². The van der Waals surface area contributed by atoms with Crippen molar-refractivity contribution in [3.8, 4) is 5.75 Å². The number of aliphatic hydroxyl groups is 1. The van der Waals surface area contributed by atoms with Gasteiger partial charge in [0.2, 0.25) is 0 Å². The summed E-state index contributed by atoms with van der Waals surface area (Å²) in [5.74, 6) is 1.70. The Morgan fingerprint density at radius 3 is 2.26 bits per heavy atom. The normalized spacial score (nSPS) is 16.1. The molecule has 0 radical (unpaired) electrons. The predicted octanol–water partition coefficient (Wildman–Crippen LogP) is 6.46. The van der Waals surface area contributed by atoms with E-state index in [4.69, 9.17) is 9.47 Å². The van der Waals surface area contributed by atoms with Gasteiger partial charge in [-0.25, -0.2) is 14.8 Å². The van der Waals surface area contributed by atoms with Crippen LogP contribution in [0.5, 0.6) is 5.75 Å². The molecular formula is C29H42O4S. The number of rotatable bonds is 11. The Labute approximate surface area is 207 Å². The highest BCUT2D eigenvalue weighted by molar-refractivity contribution is 8.32. The van der Waals surface area contributed by atoms with Crippen LogP contribution in [-0.2, 0) is 21.7 Å². The Balaban J connectivity index is 0.00000199. The van der Waals surface area contributed by atoms with Crippen LogP contribution in [0, 0.1) is 5.92 Å². The fourth-order valence-electron chi connectivity index (χ4n) is 3.65. The Bertz CT molecular complexity index is 883. The van der Waals surface area contributed by atoms with Gasteiger partial charge in [0.25, 0.3) is 0 Å². The zero-order valence-corrected chi connectivity index (χ0v) is 22.3. The van der Waals surface area contributed by atoms with Gasteiger partial charge in [0.15, 0.2) is 0 Å². The van der Waals surface area contributed by atoms with Gasteiger partial charge in [-0.3, -0.25) is 0 Å². The zero-order valence-electron chi connectivity index (χ0n) is 21.5. The molecule has 1 N–H and O–H groups in total. The third-order valence-electron chi connectivity index (χ3n) is 5.86. The molecule has 3 rings (SSSR count). The molecule has 1 aliphatic rings. The minimum Gasteiger partial charge on any atom is -0.489 e. The Hall–Kier alpha value is -2.24. The molecule has 1 aliphatic carbocycles. The molecule has 0 aromatic heterocycles. The molecule has 0 bridgehead atoms. The standard InChI is InChI=1S/C27H36O4S.C2H6/c1-32(2,3)19-18-30-26(28)16-17-27(29,20-22-10-7-11-22)24-12-14-25(15-13-24)31-21-23-8-5-4-6-9-23;1-2/h4-6,8-9,12-17,22,29H,7,10-11,18-21H2,1-3H3;1-2H3/b17-16+;. The Kier molecular flexibility index (Phi) is 11.2. The summed E-state index contributed by atoms with van der Waals surface area (Å²) >= 11 is 0. The number of hydrogen-bond acceptors (Lipinski definition) is 4. The molecular weight excluding hydrogens is 444 g/mol. The van der Waals surface area contributed by atoms with E-state index < -0.39 is 21.6 Å². The van der Waals surface area contributed by atoms with Crippen molar-refractivity contribution >= 4 is 16.0 Å². The second kappa shape index (κ2) is 13.6. The van der Waals surface area contributed by atoms with Gasteiger partial charge < -0.3 is 14.6 Å². The van der Waals surface area contributed by atoms with Gasteiger partial charge in [-0.2, -0.15) is 0 Å². The molecule has 5 heteroatoms. The highest BCUT2D eigenvalue weighted by Gasteiger charge is 2.33. The lowest BCUT2D eigenvalue weighted by Crippen LogP contribution is -2.29. The first-order valence-corrected chi connectivity index (χ1v) is 15.3. The highest BCUT2D eigenvalue weighted by Crippen LogP contribution is 2.39. The molecule has 0 heterocycles. The van der Waals surface area contributed by atoms with E-state index in [2.05, 4.69) is 18.8 Å². The van der Waals surface area contributed by atoms with E-state index in [1.165, 1.54) is 12.5 Å². The fraction of sp³-hybridized carbons (Fsp3) is 0.483. The summed E-state index contributed by atoms with van der Waals surface area (Å²) in [6.07, 6.45) is 13.6. The lowest BCUT2D eigenvalue weighted by Gasteiger charge is -2.34. The van der Waals surface area contributed by atoms with Crippen molar-refractivity contribution < 1.29 is 19.4 Å². The molecule has 0 amide bonds. The van der Waals surface area contributed by atoms with Gasteiger partial charge in [-0.05, 0) is 60.4 Å². The van der Waals surface area contributed by atoms with Crippen molar-refractivity contribution in [3.05, 3.63) is 77.9 Å². The van der Waals surface area contributed by atoms with Crippen LogP contribution in [-0.4, -0.2) is 42.2 Å². The first kappa shape index (κ1) is 28.0. The molecule has 34 heavy (non-hydrogen) atoms. The maximum atomic E-state index is 12.2. The third-order valence-corrected chi connectivity index (χ3v) is 7.25. The molecule has 2 aromatic carbocycles. The zero-order chi connectivity index (χ0) is 25.0. The second-order valence-corrected chi connectivity index (χ2v) is 14.1. The van der Waals surface area contributed by atoms with E-state index in [9.17, 15) is 9.90 Å². The lowest BCUT2D eigenvalue weighted by molar-refractivity contribution is -0.137. The maximum Gasteiger partial charge on any atom is 0.330 e. The van der Waals surface area contributed by atoms with Crippen LogP contribution in [0.15, 0.2) is 66.7 Å². The number of carbonyl (C=O) groups excluding carboxylic acids is 1. The minimum absolute atomic E-state index is 0.400. The Morgan fingerprint density at radius 1 is 1.06 bits per heavy atom. The van der Waals surface area contributed by atoms with E-state index in [-0.39, 0.29) is 0 Å². The highest BCUT2D eigenvalue weighted by atomic mass is 32.3. The summed E-state index contributed by atoms with van der Waals surface area (Å²) in [7, 11) is -0.707. The predicted molar refractivity (Wildman–Crippen MR) is 145 cm³/mol. The number of benzene rings is 2. The van der Waals surface area contributed by atoms with Gasteiger partial charge in [-0.15, -0.1) is 0 Å². The number of esters is 1. The molecule has 0 aliphatic heterocycles. The molecule has 4 nitrogen and oxygen atoms in total. The van der Waals surface area contributed by atoms with Crippen LogP contribution in [0.1, 0.15) is 50.7 Å². The number of carbonyl (C=O) groups is 1. The van der Waals surface area contributed by atoms with E-state index in [0.717, 1.165) is 35.5 Å². The van der Waals surface area contributed by atoms with Crippen LogP contribution in [0.2, 0.25) is 0 Å². The van der Waals surface area contributed by atoms with Gasteiger partial charge in [0.05, 0.1) is 6.61 Å². The summed E-state index contributed by atoms with van der Waals surface area (Å²) in [4.78, 5) is 12.2. The molecule has 1 saturated carbocycles. The molecule has 1 unspecified atom stereocenters. The van der Waals surface area contributed by atoms with Gasteiger partial charge in [-0.1, -0.05) is 75.6 Å². The smallest absolute Gasteiger partial charge is 0.330 e. The molecule has 2 aromatic rings. The first-order chi connectivity index (χ1) is 16.2. The third kappa shape index (κ3) is 9.55. The summed E-state index contributed by atoms with van der Waals surface area (Å²) in [6.45, 7) is 4.91. The van der Waals surface area contributed by atoms with E-state index >= 15 is 0 Å². The van der Waals surface area contributed by atoms with Crippen LogP contribution >= 0.6 is 10.0 Å². The molecule has 1 fully saturated rings. The molecule has 1 atom stereocenters. The van der Waals surface area contributed by atoms with Crippen LogP contribution < -0.4 is 4.74 Å². The van der Waals surface area contributed by atoms with Crippen molar-refractivity contribution in [2.75, 3.05) is 31.1 Å². The van der Waals surface area contributed by atoms with Crippen molar-refractivity contribution in [2.45, 2.75) is 51.7 Å². The molecule has 0 spiro atoms. The SMILES string of the molecule is CC.CS(C)(C)CCOC(=O)/C=C/C(O)(CC1CCC1)c1ccc(OCc2ccccc2)cc1. The summed E-state index contributed by atoms with van der Waals surface area (Å²) in [6, 6.07) is 17.5. The van der Waals surface area contributed by atoms with Gasteiger partial charge in [0.1, 0.15) is 18.0 Å². The van der Waals surface area contributed by atoms with E-state index in [1.54, 1.807) is 6.08 Å². The first-order valence-electron chi connectivity index (χ1n) is 12.3. The molecule has 0 saturated heterocycles. The van der Waals surface area contributed by atoms with Crippen molar-refractivity contribution in [3.63, 3.8) is 0 Å². The summed E-state index contributed by atoms with van der Waals surface area (Å²) < 4.78 is 11.2. The van der Waals surface area contributed by atoms with Crippen LogP contribution in [0.3, 0.4) is 0 Å². The van der Waals surface area contributed by atoms with Crippen LogP contribution in [0.4, 0.5) is 0 Å². The van der Waals surface area contributed by atoms with E-state index in [0.29, 0.717) is 25.6 Å². The van der Waals surface area contributed by atoms with Crippen molar-refractivity contribution in [1.82, 2.24) is 0 Å². The molecule has 188 valence electrons. The number of ether oxygens (including phenoxy) is 2. The van der Waals surface area contributed by atoms with Gasteiger partial charge in [0, 0.05) is 11.8 Å². The van der Waals surface area contributed by atoms with Crippen molar-refractivity contribution in [2.24, 2.45) is 5.92 Å². The maximum absolute atomic E-state index is 12.2. The average molecular weight is 487 g/mol. The largest absolute Gasteiger partial charge is 0.489 e. The fourth-order valence-corrected chi connectivity index (χ4v) is 4.23. The second-order valence-electron chi connectivity index (χ2n) is 9.52. The monoisotopic (exact) mass is 486 g/mol. The quantitative estimate of drug-likeness (QED) is 0.292. The topological polar surface area (TPSA) is 55.8 Å². The van der Waals surface area contributed by atoms with E-state index in [1.807, 2.05) is 68.4 Å². The van der Waals surface area contributed by atoms with Crippen molar-refractivity contribution in [1.29, 1.82) is 0 Å². The summed E-state index contributed by atoms with van der Waals surface area (Å²) in [5.41, 5.74) is 0.671. The summed E-state index contributed by atoms with van der Waals surface area (Å²) in [5, 5.41) is 11.5. The average Bonchev–Trinajstić information content (AvgIpc) is 2.80. The lowest BCUT2D eigenvalue weighted by atomic mass is 9.75. The Morgan fingerprint density at radius 2 is 1.71 bits per heavy atom.